The molecule has 2 nitrogen and oxygen atoms in total. The van der Waals surface area contributed by atoms with Crippen molar-refractivity contribution < 1.29 is 4.74 Å². The molecule has 1 aliphatic carbocycles. The van der Waals surface area contributed by atoms with Gasteiger partial charge < -0.3 is 10.1 Å². The van der Waals surface area contributed by atoms with Gasteiger partial charge >= 0.3 is 0 Å². The summed E-state index contributed by atoms with van der Waals surface area (Å²) in [4.78, 5) is 1.31. The third kappa shape index (κ3) is 4.34. The average Bonchev–Trinajstić information content (AvgIpc) is 2.81. The summed E-state index contributed by atoms with van der Waals surface area (Å²) >= 11 is 5.32. The summed E-state index contributed by atoms with van der Waals surface area (Å²) in [7, 11) is 0. The Labute approximate surface area is 122 Å². The SMILES string of the molecule is CCCNC1CCC(OCc2sccc2Br)CC1. The zero-order chi connectivity index (χ0) is 12.8. The fourth-order valence-electron chi connectivity index (χ4n) is 2.40. The molecule has 102 valence electrons. The third-order valence-corrected chi connectivity index (χ3v) is 5.40. The van der Waals surface area contributed by atoms with Crippen LogP contribution in [-0.4, -0.2) is 18.7 Å². The number of thiophene rings is 1. The molecule has 1 aliphatic rings. The fourth-order valence-corrected chi connectivity index (χ4v) is 3.79. The first-order chi connectivity index (χ1) is 8.79. The average molecular weight is 332 g/mol. The molecule has 0 saturated heterocycles. The van der Waals surface area contributed by atoms with Gasteiger partial charge in [-0.15, -0.1) is 11.3 Å². The highest BCUT2D eigenvalue weighted by Gasteiger charge is 2.21. The summed E-state index contributed by atoms with van der Waals surface area (Å²) in [5, 5.41) is 5.72. The second-order valence-electron chi connectivity index (χ2n) is 4.93. The van der Waals surface area contributed by atoms with Crippen LogP contribution in [0.2, 0.25) is 0 Å². The van der Waals surface area contributed by atoms with E-state index in [2.05, 4.69) is 39.6 Å². The van der Waals surface area contributed by atoms with E-state index in [4.69, 9.17) is 4.74 Å². The minimum Gasteiger partial charge on any atom is -0.373 e. The standard InChI is InChI=1S/C14H22BrNOS/c1-2-8-16-11-3-5-12(6-4-11)17-10-14-13(15)7-9-18-14/h7,9,11-12,16H,2-6,8,10H2,1H3. The first-order valence-corrected chi connectivity index (χ1v) is 8.53. The molecule has 4 heteroatoms. The zero-order valence-electron chi connectivity index (χ0n) is 11.0. The Morgan fingerprint density at radius 3 is 2.78 bits per heavy atom. The molecule has 1 fully saturated rings. The number of nitrogens with one attached hydrogen (secondary N) is 1. The molecule has 18 heavy (non-hydrogen) atoms. The van der Waals surface area contributed by atoms with Crippen LogP contribution in [0.25, 0.3) is 0 Å². The lowest BCUT2D eigenvalue weighted by molar-refractivity contribution is 0.0124. The van der Waals surface area contributed by atoms with Gasteiger partial charge in [0.1, 0.15) is 0 Å². The Morgan fingerprint density at radius 1 is 1.39 bits per heavy atom. The van der Waals surface area contributed by atoms with Crippen LogP contribution in [0.3, 0.4) is 0 Å². The molecule has 0 spiro atoms. The van der Waals surface area contributed by atoms with Crippen LogP contribution in [-0.2, 0) is 11.3 Å². The largest absolute Gasteiger partial charge is 0.373 e. The van der Waals surface area contributed by atoms with Crippen LogP contribution in [0.15, 0.2) is 15.9 Å². The predicted octanol–water partition coefficient (Wildman–Crippen LogP) is 4.34. The molecule has 0 bridgehead atoms. The quantitative estimate of drug-likeness (QED) is 0.837. The van der Waals surface area contributed by atoms with E-state index in [1.807, 2.05) is 0 Å². The molecule has 1 saturated carbocycles. The van der Waals surface area contributed by atoms with Gasteiger partial charge in [0.15, 0.2) is 0 Å². The lowest BCUT2D eigenvalue weighted by atomic mass is 9.93. The van der Waals surface area contributed by atoms with E-state index in [1.165, 1.54) is 41.5 Å². The van der Waals surface area contributed by atoms with E-state index >= 15 is 0 Å². The Kier molecular flexibility index (Phi) is 6.15. The number of hydrogen-bond acceptors (Lipinski definition) is 3. The fraction of sp³-hybridized carbons (Fsp3) is 0.714. The van der Waals surface area contributed by atoms with Gasteiger partial charge in [-0.05, 0) is 66.0 Å². The van der Waals surface area contributed by atoms with Crippen molar-refractivity contribution in [1.29, 1.82) is 0 Å². The van der Waals surface area contributed by atoms with E-state index in [0.29, 0.717) is 6.10 Å². The predicted molar refractivity (Wildman–Crippen MR) is 81.1 cm³/mol. The highest BCUT2D eigenvalue weighted by Crippen LogP contribution is 2.26. The number of hydrogen-bond donors (Lipinski definition) is 1. The smallest absolute Gasteiger partial charge is 0.0824 e. The van der Waals surface area contributed by atoms with Crippen LogP contribution in [0.4, 0.5) is 0 Å². The summed E-state index contributed by atoms with van der Waals surface area (Å²) in [5.41, 5.74) is 0. The Morgan fingerprint density at radius 2 is 2.17 bits per heavy atom. The van der Waals surface area contributed by atoms with E-state index in [0.717, 1.165) is 19.2 Å². The molecule has 1 heterocycles. The maximum atomic E-state index is 6.01. The van der Waals surface area contributed by atoms with Gasteiger partial charge in [0.2, 0.25) is 0 Å². The Bertz CT molecular complexity index is 347. The van der Waals surface area contributed by atoms with E-state index in [9.17, 15) is 0 Å². The maximum Gasteiger partial charge on any atom is 0.0824 e. The molecule has 0 atom stereocenters. The van der Waals surface area contributed by atoms with Gasteiger partial charge in [-0.2, -0.15) is 0 Å². The topological polar surface area (TPSA) is 21.3 Å². The molecule has 1 N–H and O–H groups in total. The van der Waals surface area contributed by atoms with Crippen molar-refractivity contribution in [3.8, 4) is 0 Å². The molecule has 0 unspecified atom stereocenters. The van der Waals surface area contributed by atoms with Crippen molar-refractivity contribution in [1.82, 2.24) is 5.32 Å². The van der Waals surface area contributed by atoms with Gasteiger partial charge in [-0.3, -0.25) is 0 Å². The lowest BCUT2D eigenvalue weighted by Crippen LogP contribution is -2.35. The summed E-state index contributed by atoms with van der Waals surface area (Å²) in [6, 6.07) is 2.81. The zero-order valence-corrected chi connectivity index (χ0v) is 13.4. The molecule has 1 aromatic heterocycles. The monoisotopic (exact) mass is 331 g/mol. The summed E-state index contributed by atoms with van der Waals surface area (Å²) in [6.45, 7) is 4.13. The first-order valence-electron chi connectivity index (χ1n) is 6.86. The van der Waals surface area contributed by atoms with Crippen LogP contribution in [0.5, 0.6) is 0 Å². The van der Waals surface area contributed by atoms with Crippen molar-refractivity contribution in [3.05, 3.63) is 20.8 Å². The summed E-state index contributed by atoms with van der Waals surface area (Å²) in [6.07, 6.45) is 6.60. The molecule has 0 aliphatic heterocycles. The highest BCUT2D eigenvalue weighted by molar-refractivity contribution is 9.10. The van der Waals surface area contributed by atoms with Gasteiger partial charge in [0, 0.05) is 15.4 Å². The van der Waals surface area contributed by atoms with Crippen LogP contribution in [0, 0.1) is 0 Å². The summed E-state index contributed by atoms with van der Waals surface area (Å²) in [5.74, 6) is 0. The minimum absolute atomic E-state index is 0.457. The van der Waals surface area contributed by atoms with Crippen molar-refractivity contribution in [2.24, 2.45) is 0 Å². The van der Waals surface area contributed by atoms with Crippen molar-refractivity contribution in [2.75, 3.05) is 6.54 Å². The van der Waals surface area contributed by atoms with Gasteiger partial charge in [-0.25, -0.2) is 0 Å². The second kappa shape index (κ2) is 7.63. The van der Waals surface area contributed by atoms with E-state index in [-0.39, 0.29) is 0 Å². The second-order valence-corrected chi connectivity index (χ2v) is 6.79. The molecule has 2 rings (SSSR count). The number of halogens is 1. The molecular formula is C14H22BrNOS. The molecule has 1 aromatic rings. The molecular weight excluding hydrogens is 310 g/mol. The van der Waals surface area contributed by atoms with E-state index < -0.39 is 0 Å². The van der Waals surface area contributed by atoms with Crippen LogP contribution < -0.4 is 5.32 Å². The Balaban J connectivity index is 1.66. The molecule has 0 aromatic carbocycles. The normalized spacial score (nSPS) is 24.3. The van der Waals surface area contributed by atoms with Crippen molar-refractivity contribution >= 4 is 27.3 Å². The maximum absolute atomic E-state index is 6.01. The van der Waals surface area contributed by atoms with Gasteiger partial charge in [0.25, 0.3) is 0 Å². The third-order valence-electron chi connectivity index (χ3n) is 3.50. The Hall–Kier alpha value is 0.100. The van der Waals surface area contributed by atoms with Crippen molar-refractivity contribution in [3.63, 3.8) is 0 Å². The van der Waals surface area contributed by atoms with Crippen molar-refractivity contribution in [2.45, 2.75) is 57.8 Å². The molecule has 0 radical (unpaired) electrons. The number of rotatable bonds is 6. The van der Waals surface area contributed by atoms with Gasteiger partial charge in [-0.1, -0.05) is 6.92 Å². The summed E-state index contributed by atoms with van der Waals surface area (Å²) < 4.78 is 7.20. The minimum atomic E-state index is 0.457. The first kappa shape index (κ1) is 14.5. The molecule has 0 amide bonds. The van der Waals surface area contributed by atoms with Crippen LogP contribution >= 0.6 is 27.3 Å². The van der Waals surface area contributed by atoms with E-state index in [1.54, 1.807) is 11.3 Å². The van der Waals surface area contributed by atoms with Gasteiger partial charge in [0.05, 0.1) is 12.7 Å². The highest BCUT2D eigenvalue weighted by atomic mass is 79.9. The number of ether oxygens (including phenoxy) is 1. The van der Waals surface area contributed by atoms with Crippen LogP contribution in [0.1, 0.15) is 43.9 Å². The lowest BCUT2D eigenvalue weighted by Gasteiger charge is -2.29.